The van der Waals surface area contributed by atoms with E-state index in [4.69, 9.17) is 10.2 Å². The summed E-state index contributed by atoms with van der Waals surface area (Å²) in [6.45, 7) is 1.81. The monoisotopic (exact) mass is 258 g/mol. The number of furan rings is 1. The standard InChI is InChI=1S/C15H18N2O2/c1-11(16)10-14(18)17-15(13-8-5-9-19-13)12-6-3-2-4-7-12/h2-9,11,15H,10,16H2,1H3,(H,17,18). The van der Waals surface area contributed by atoms with Crippen LogP contribution in [0.25, 0.3) is 0 Å². The highest BCUT2D eigenvalue weighted by atomic mass is 16.3. The van der Waals surface area contributed by atoms with Crippen LogP contribution in [0.15, 0.2) is 53.1 Å². The molecule has 4 nitrogen and oxygen atoms in total. The van der Waals surface area contributed by atoms with Gasteiger partial charge in [-0.25, -0.2) is 0 Å². The normalized spacial score (nSPS) is 13.8. The van der Waals surface area contributed by atoms with Gasteiger partial charge < -0.3 is 15.5 Å². The predicted molar refractivity (Wildman–Crippen MR) is 73.4 cm³/mol. The molecule has 0 fully saturated rings. The number of nitrogens with one attached hydrogen (secondary N) is 1. The molecule has 0 aliphatic heterocycles. The van der Waals surface area contributed by atoms with E-state index in [1.54, 1.807) is 6.26 Å². The molecule has 100 valence electrons. The molecule has 1 heterocycles. The summed E-state index contributed by atoms with van der Waals surface area (Å²) in [5.74, 6) is 0.629. The minimum Gasteiger partial charge on any atom is -0.467 e. The van der Waals surface area contributed by atoms with Crippen LogP contribution in [0, 0.1) is 0 Å². The molecule has 0 spiro atoms. The zero-order valence-electron chi connectivity index (χ0n) is 10.9. The Morgan fingerprint density at radius 1 is 1.26 bits per heavy atom. The quantitative estimate of drug-likeness (QED) is 0.864. The van der Waals surface area contributed by atoms with Crippen LogP contribution in [-0.2, 0) is 4.79 Å². The van der Waals surface area contributed by atoms with Crippen molar-refractivity contribution in [3.63, 3.8) is 0 Å². The number of carbonyl (C=O) groups excluding carboxylic acids is 1. The lowest BCUT2D eigenvalue weighted by Crippen LogP contribution is -2.33. The molecule has 1 aromatic heterocycles. The van der Waals surface area contributed by atoms with Crippen LogP contribution in [0.2, 0.25) is 0 Å². The molecular weight excluding hydrogens is 240 g/mol. The van der Waals surface area contributed by atoms with Crippen LogP contribution in [0.4, 0.5) is 0 Å². The first-order valence-electron chi connectivity index (χ1n) is 6.30. The Labute approximate surface area is 112 Å². The lowest BCUT2D eigenvalue weighted by molar-refractivity contribution is -0.121. The third-order valence-electron chi connectivity index (χ3n) is 2.77. The van der Waals surface area contributed by atoms with Gasteiger partial charge in [0, 0.05) is 12.5 Å². The Morgan fingerprint density at radius 2 is 2.00 bits per heavy atom. The number of hydrogen-bond acceptors (Lipinski definition) is 3. The highest BCUT2D eigenvalue weighted by Gasteiger charge is 2.19. The fourth-order valence-corrected chi connectivity index (χ4v) is 1.93. The molecule has 2 rings (SSSR count). The Kier molecular flexibility index (Phi) is 4.36. The zero-order chi connectivity index (χ0) is 13.7. The molecule has 0 aliphatic rings. The summed E-state index contributed by atoms with van der Waals surface area (Å²) < 4.78 is 5.41. The van der Waals surface area contributed by atoms with E-state index in [0.29, 0.717) is 12.2 Å². The van der Waals surface area contributed by atoms with Gasteiger partial charge in [-0.2, -0.15) is 0 Å². The number of hydrogen-bond donors (Lipinski definition) is 2. The molecule has 1 aromatic carbocycles. The fourth-order valence-electron chi connectivity index (χ4n) is 1.93. The summed E-state index contributed by atoms with van der Waals surface area (Å²) in [5, 5.41) is 2.95. The van der Waals surface area contributed by atoms with E-state index in [0.717, 1.165) is 5.56 Å². The molecule has 19 heavy (non-hydrogen) atoms. The minimum atomic E-state index is -0.276. The van der Waals surface area contributed by atoms with E-state index in [-0.39, 0.29) is 18.0 Å². The lowest BCUT2D eigenvalue weighted by atomic mass is 10.0. The minimum absolute atomic E-state index is 0.0831. The third kappa shape index (κ3) is 3.69. The molecule has 0 bridgehead atoms. The SMILES string of the molecule is CC(N)CC(=O)NC(c1ccccc1)c1ccco1. The second kappa shape index (κ2) is 6.20. The van der Waals surface area contributed by atoms with Gasteiger partial charge in [-0.3, -0.25) is 4.79 Å². The van der Waals surface area contributed by atoms with E-state index in [1.165, 1.54) is 0 Å². The number of benzene rings is 1. The van der Waals surface area contributed by atoms with Gasteiger partial charge in [0.2, 0.25) is 5.91 Å². The molecular formula is C15H18N2O2. The maximum absolute atomic E-state index is 11.9. The molecule has 0 radical (unpaired) electrons. The summed E-state index contributed by atoms with van der Waals surface area (Å²) >= 11 is 0. The number of carbonyl (C=O) groups is 1. The van der Waals surface area contributed by atoms with Gasteiger partial charge >= 0.3 is 0 Å². The van der Waals surface area contributed by atoms with Crippen LogP contribution in [0.1, 0.15) is 30.7 Å². The van der Waals surface area contributed by atoms with Crippen molar-refractivity contribution in [2.24, 2.45) is 5.73 Å². The van der Waals surface area contributed by atoms with E-state index >= 15 is 0 Å². The Bertz CT molecular complexity index is 506. The molecule has 2 unspecified atom stereocenters. The van der Waals surface area contributed by atoms with Crippen molar-refractivity contribution >= 4 is 5.91 Å². The topological polar surface area (TPSA) is 68.3 Å². The Morgan fingerprint density at radius 3 is 2.58 bits per heavy atom. The van der Waals surface area contributed by atoms with Gasteiger partial charge in [-0.05, 0) is 24.6 Å². The Hall–Kier alpha value is -2.07. The molecule has 2 atom stereocenters. The summed E-state index contributed by atoms with van der Waals surface area (Å²) in [5.41, 5.74) is 6.62. The molecule has 0 saturated carbocycles. The number of rotatable bonds is 5. The van der Waals surface area contributed by atoms with Crippen molar-refractivity contribution in [2.75, 3.05) is 0 Å². The van der Waals surface area contributed by atoms with Crippen LogP contribution in [-0.4, -0.2) is 11.9 Å². The summed E-state index contributed by atoms with van der Waals surface area (Å²) in [7, 11) is 0. The maximum atomic E-state index is 11.9. The third-order valence-corrected chi connectivity index (χ3v) is 2.77. The van der Waals surface area contributed by atoms with Crippen molar-refractivity contribution in [1.82, 2.24) is 5.32 Å². The van der Waals surface area contributed by atoms with E-state index < -0.39 is 0 Å². The second-order valence-corrected chi connectivity index (χ2v) is 4.61. The van der Waals surface area contributed by atoms with Crippen molar-refractivity contribution in [1.29, 1.82) is 0 Å². The van der Waals surface area contributed by atoms with Gasteiger partial charge in [-0.15, -0.1) is 0 Å². The predicted octanol–water partition coefficient (Wildman–Crippen LogP) is 2.22. The summed E-state index contributed by atoms with van der Waals surface area (Å²) in [6.07, 6.45) is 1.90. The van der Waals surface area contributed by atoms with Crippen molar-refractivity contribution < 1.29 is 9.21 Å². The molecule has 2 aromatic rings. The van der Waals surface area contributed by atoms with Gasteiger partial charge in [0.25, 0.3) is 0 Å². The van der Waals surface area contributed by atoms with Gasteiger partial charge in [0.1, 0.15) is 11.8 Å². The lowest BCUT2D eigenvalue weighted by Gasteiger charge is -2.17. The average Bonchev–Trinajstić information content (AvgIpc) is 2.90. The second-order valence-electron chi connectivity index (χ2n) is 4.61. The van der Waals surface area contributed by atoms with Crippen molar-refractivity contribution in [2.45, 2.75) is 25.4 Å². The molecule has 1 amide bonds. The first-order valence-corrected chi connectivity index (χ1v) is 6.30. The van der Waals surface area contributed by atoms with E-state index in [2.05, 4.69) is 5.32 Å². The molecule has 3 N–H and O–H groups in total. The highest BCUT2D eigenvalue weighted by Crippen LogP contribution is 2.22. The highest BCUT2D eigenvalue weighted by molar-refractivity contribution is 5.77. The van der Waals surface area contributed by atoms with Crippen LogP contribution < -0.4 is 11.1 Å². The van der Waals surface area contributed by atoms with Crippen LogP contribution in [0.3, 0.4) is 0 Å². The fraction of sp³-hybridized carbons (Fsp3) is 0.267. The van der Waals surface area contributed by atoms with Gasteiger partial charge in [-0.1, -0.05) is 30.3 Å². The molecule has 0 saturated heterocycles. The Balaban J connectivity index is 2.19. The average molecular weight is 258 g/mol. The van der Waals surface area contributed by atoms with Crippen LogP contribution >= 0.6 is 0 Å². The largest absolute Gasteiger partial charge is 0.467 e. The van der Waals surface area contributed by atoms with Crippen molar-refractivity contribution in [3.8, 4) is 0 Å². The molecule has 4 heteroatoms. The first kappa shape index (κ1) is 13.4. The van der Waals surface area contributed by atoms with Crippen molar-refractivity contribution in [3.05, 3.63) is 60.1 Å². The summed E-state index contributed by atoms with van der Waals surface area (Å²) in [6, 6.07) is 12.9. The van der Waals surface area contributed by atoms with E-state index in [9.17, 15) is 4.79 Å². The smallest absolute Gasteiger partial charge is 0.222 e. The number of amides is 1. The van der Waals surface area contributed by atoms with E-state index in [1.807, 2.05) is 49.4 Å². The number of nitrogens with two attached hydrogens (primary N) is 1. The van der Waals surface area contributed by atoms with Crippen LogP contribution in [0.5, 0.6) is 0 Å². The van der Waals surface area contributed by atoms with Gasteiger partial charge in [0.15, 0.2) is 0 Å². The summed E-state index contributed by atoms with van der Waals surface area (Å²) in [4.78, 5) is 11.9. The zero-order valence-corrected chi connectivity index (χ0v) is 10.9. The molecule has 0 aliphatic carbocycles. The maximum Gasteiger partial charge on any atom is 0.222 e. The van der Waals surface area contributed by atoms with Gasteiger partial charge in [0.05, 0.1) is 6.26 Å². The first-order chi connectivity index (χ1) is 9.16.